The van der Waals surface area contributed by atoms with Crippen LogP contribution < -0.4 is 10.6 Å². The Morgan fingerprint density at radius 3 is 2.48 bits per heavy atom. The van der Waals surface area contributed by atoms with Crippen LogP contribution in [0.4, 0.5) is 17.6 Å². The third kappa shape index (κ3) is 4.80. The van der Waals surface area contributed by atoms with Gasteiger partial charge in [0.2, 0.25) is 5.95 Å². The molecule has 1 saturated heterocycles. The van der Waals surface area contributed by atoms with E-state index in [1.54, 1.807) is 12.5 Å². The number of nitrogens with zero attached hydrogens (tertiary/aromatic N) is 6. The molecule has 33 heavy (non-hydrogen) atoms. The Hall–Kier alpha value is -3.52. The molecule has 1 aliphatic rings. The zero-order chi connectivity index (χ0) is 22.6. The molecular formula is C25H30N8. The molecule has 5 rings (SSSR count). The standard InChI is InChI=1S/C25H30N8/c1-18(2)33-24-22(31-25(33)30-21-10-6-7-13-26-21)23(27-17-28-24)29-20-11-14-32(15-12-20)16-19-8-4-3-5-9-19/h3-10,13,17-18,20H,11-12,14-16H2,1-2H3,(H,26,30,31)(H,27,28,29). The van der Waals surface area contributed by atoms with E-state index in [0.29, 0.717) is 6.04 Å². The number of pyridine rings is 1. The van der Waals surface area contributed by atoms with Gasteiger partial charge in [0.05, 0.1) is 0 Å². The van der Waals surface area contributed by atoms with Gasteiger partial charge in [-0.1, -0.05) is 36.4 Å². The fourth-order valence-corrected chi connectivity index (χ4v) is 4.41. The number of fused-ring (bicyclic) bond motifs is 1. The Morgan fingerprint density at radius 1 is 0.970 bits per heavy atom. The van der Waals surface area contributed by atoms with Crippen LogP contribution in [0, 0.1) is 0 Å². The van der Waals surface area contributed by atoms with Crippen LogP contribution in [0.1, 0.15) is 38.3 Å². The molecule has 0 unspecified atom stereocenters. The van der Waals surface area contributed by atoms with Gasteiger partial charge >= 0.3 is 0 Å². The van der Waals surface area contributed by atoms with Gasteiger partial charge in [-0.05, 0) is 44.4 Å². The smallest absolute Gasteiger partial charge is 0.211 e. The van der Waals surface area contributed by atoms with Crippen LogP contribution >= 0.6 is 0 Å². The zero-order valence-electron chi connectivity index (χ0n) is 19.1. The van der Waals surface area contributed by atoms with Crippen molar-refractivity contribution in [3.05, 3.63) is 66.6 Å². The van der Waals surface area contributed by atoms with Gasteiger partial charge in [0.15, 0.2) is 17.0 Å². The van der Waals surface area contributed by atoms with Gasteiger partial charge in [0, 0.05) is 37.9 Å². The van der Waals surface area contributed by atoms with Crippen LogP contribution in [-0.4, -0.2) is 48.5 Å². The van der Waals surface area contributed by atoms with E-state index in [0.717, 1.165) is 61.2 Å². The van der Waals surface area contributed by atoms with Crippen molar-refractivity contribution in [1.82, 2.24) is 29.4 Å². The third-order valence-electron chi connectivity index (χ3n) is 6.08. The molecular weight excluding hydrogens is 412 g/mol. The predicted molar refractivity (Wildman–Crippen MR) is 132 cm³/mol. The number of likely N-dealkylation sites (tertiary alicyclic amines) is 1. The molecule has 1 fully saturated rings. The van der Waals surface area contributed by atoms with Crippen LogP contribution in [-0.2, 0) is 6.54 Å². The molecule has 1 aliphatic heterocycles. The molecule has 0 amide bonds. The van der Waals surface area contributed by atoms with E-state index >= 15 is 0 Å². The quantitative estimate of drug-likeness (QED) is 0.432. The van der Waals surface area contributed by atoms with Gasteiger partial charge in [-0.2, -0.15) is 0 Å². The third-order valence-corrected chi connectivity index (χ3v) is 6.08. The van der Waals surface area contributed by atoms with Crippen LogP contribution in [0.15, 0.2) is 61.1 Å². The van der Waals surface area contributed by atoms with E-state index in [-0.39, 0.29) is 6.04 Å². The van der Waals surface area contributed by atoms with E-state index in [1.807, 2.05) is 18.2 Å². The van der Waals surface area contributed by atoms with E-state index < -0.39 is 0 Å². The fraction of sp³-hybridized carbons (Fsp3) is 0.360. The fourth-order valence-electron chi connectivity index (χ4n) is 4.41. The van der Waals surface area contributed by atoms with E-state index in [2.05, 4.69) is 79.2 Å². The molecule has 170 valence electrons. The second-order valence-corrected chi connectivity index (χ2v) is 8.81. The largest absolute Gasteiger partial charge is 0.365 e. The summed E-state index contributed by atoms with van der Waals surface area (Å²) < 4.78 is 2.10. The average Bonchev–Trinajstić information content (AvgIpc) is 3.21. The average molecular weight is 443 g/mol. The number of hydrogen-bond donors (Lipinski definition) is 2. The van der Waals surface area contributed by atoms with Crippen LogP contribution in [0.25, 0.3) is 11.2 Å². The highest BCUT2D eigenvalue weighted by molar-refractivity contribution is 5.86. The van der Waals surface area contributed by atoms with Crippen molar-refractivity contribution in [2.75, 3.05) is 23.7 Å². The Bertz CT molecular complexity index is 1180. The summed E-state index contributed by atoms with van der Waals surface area (Å²) in [4.78, 5) is 20.9. The molecule has 8 nitrogen and oxygen atoms in total. The van der Waals surface area contributed by atoms with Crippen molar-refractivity contribution >= 4 is 28.7 Å². The number of nitrogens with one attached hydrogen (secondary N) is 2. The van der Waals surface area contributed by atoms with Crippen molar-refractivity contribution in [2.45, 2.75) is 45.3 Å². The van der Waals surface area contributed by atoms with Crippen LogP contribution in [0.5, 0.6) is 0 Å². The minimum Gasteiger partial charge on any atom is -0.365 e. The van der Waals surface area contributed by atoms with Crippen molar-refractivity contribution in [3.8, 4) is 0 Å². The molecule has 2 N–H and O–H groups in total. The highest BCUT2D eigenvalue weighted by Crippen LogP contribution is 2.29. The first kappa shape index (κ1) is 21.3. The van der Waals surface area contributed by atoms with Crippen LogP contribution in [0.2, 0.25) is 0 Å². The summed E-state index contributed by atoms with van der Waals surface area (Å²) in [5.74, 6) is 2.27. The summed E-state index contributed by atoms with van der Waals surface area (Å²) in [5.41, 5.74) is 2.98. The summed E-state index contributed by atoms with van der Waals surface area (Å²) in [6.45, 7) is 7.39. The van der Waals surface area contributed by atoms with Gasteiger partial charge < -0.3 is 10.6 Å². The number of aromatic nitrogens is 5. The molecule has 8 heteroatoms. The molecule has 4 aromatic rings. The number of piperidine rings is 1. The van der Waals surface area contributed by atoms with Gasteiger partial charge in [-0.3, -0.25) is 9.47 Å². The maximum atomic E-state index is 4.88. The predicted octanol–water partition coefficient (Wildman–Crippen LogP) is 4.62. The van der Waals surface area contributed by atoms with Crippen molar-refractivity contribution in [1.29, 1.82) is 0 Å². The molecule has 4 heterocycles. The number of benzene rings is 1. The monoisotopic (exact) mass is 442 g/mol. The zero-order valence-corrected chi connectivity index (χ0v) is 19.1. The lowest BCUT2D eigenvalue weighted by Crippen LogP contribution is -2.38. The van der Waals surface area contributed by atoms with Crippen molar-refractivity contribution in [2.24, 2.45) is 0 Å². The van der Waals surface area contributed by atoms with E-state index in [1.165, 1.54) is 5.56 Å². The van der Waals surface area contributed by atoms with Gasteiger partial charge in [-0.15, -0.1) is 0 Å². The normalized spacial score (nSPS) is 15.2. The minimum absolute atomic E-state index is 0.185. The molecule has 0 saturated carbocycles. The van der Waals surface area contributed by atoms with Crippen molar-refractivity contribution < 1.29 is 0 Å². The summed E-state index contributed by atoms with van der Waals surface area (Å²) in [6, 6.07) is 17.0. The summed E-state index contributed by atoms with van der Waals surface area (Å²) >= 11 is 0. The lowest BCUT2D eigenvalue weighted by Gasteiger charge is -2.32. The maximum absolute atomic E-state index is 4.88. The minimum atomic E-state index is 0.185. The lowest BCUT2D eigenvalue weighted by atomic mass is 10.0. The number of anilines is 3. The highest BCUT2D eigenvalue weighted by atomic mass is 15.3. The van der Waals surface area contributed by atoms with E-state index in [4.69, 9.17) is 4.98 Å². The SMILES string of the molecule is CC(C)n1c(Nc2ccccn2)nc2c(NC3CCN(Cc4ccccc4)CC3)ncnc21. The topological polar surface area (TPSA) is 83.8 Å². The number of imidazole rings is 1. The molecule has 0 radical (unpaired) electrons. The first-order valence-corrected chi connectivity index (χ1v) is 11.6. The molecule has 1 aromatic carbocycles. The summed E-state index contributed by atoms with van der Waals surface area (Å²) in [7, 11) is 0. The molecule has 0 aliphatic carbocycles. The van der Waals surface area contributed by atoms with Crippen molar-refractivity contribution in [3.63, 3.8) is 0 Å². The summed E-state index contributed by atoms with van der Waals surface area (Å²) in [5, 5.41) is 7.00. The van der Waals surface area contributed by atoms with Gasteiger partial charge in [0.1, 0.15) is 12.1 Å². The van der Waals surface area contributed by atoms with Gasteiger partial charge in [-0.25, -0.2) is 19.9 Å². The Balaban J connectivity index is 1.32. The lowest BCUT2D eigenvalue weighted by molar-refractivity contribution is 0.211. The Kier molecular flexibility index (Phi) is 6.17. The molecule has 3 aromatic heterocycles. The van der Waals surface area contributed by atoms with Crippen LogP contribution in [0.3, 0.4) is 0 Å². The number of rotatable bonds is 7. The Labute approximate surface area is 194 Å². The molecule has 0 bridgehead atoms. The second-order valence-electron chi connectivity index (χ2n) is 8.81. The number of hydrogen-bond acceptors (Lipinski definition) is 7. The van der Waals surface area contributed by atoms with E-state index in [9.17, 15) is 0 Å². The second kappa shape index (κ2) is 9.54. The molecule has 0 spiro atoms. The maximum Gasteiger partial charge on any atom is 0.211 e. The summed E-state index contributed by atoms with van der Waals surface area (Å²) in [6.07, 6.45) is 5.53. The molecule has 0 atom stereocenters. The van der Waals surface area contributed by atoms with Gasteiger partial charge in [0.25, 0.3) is 0 Å². The Morgan fingerprint density at radius 2 is 1.76 bits per heavy atom. The first-order valence-electron chi connectivity index (χ1n) is 11.6. The first-order chi connectivity index (χ1) is 16.2. The highest BCUT2D eigenvalue weighted by Gasteiger charge is 2.23.